The Hall–Kier alpha value is -0.340. The molecule has 0 saturated carbocycles. The van der Waals surface area contributed by atoms with Gasteiger partial charge in [-0.15, -0.1) is 0 Å². The van der Waals surface area contributed by atoms with Gasteiger partial charge >= 0.3 is 0 Å². The minimum Gasteiger partial charge on any atom is -0.310 e. The molecule has 0 saturated heterocycles. The number of aryl methyl sites for hydroxylation is 1. The molecule has 1 atom stereocenters. The van der Waals surface area contributed by atoms with Crippen molar-refractivity contribution in [2.45, 2.75) is 39.3 Å². The number of halogens is 1. The summed E-state index contributed by atoms with van der Waals surface area (Å²) >= 11 is 3.49. The van der Waals surface area contributed by atoms with Gasteiger partial charge in [-0.25, -0.2) is 0 Å². The largest absolute Gasteiger partial charge is 0.310 e. The summed E-state index contributed by atoms with van der Waals surface area (Å²) in [6, 6.07) is 9.36. The zero-order valence-electron chi connectivity index (χ0n) is 9.59. The van der Waals surface area contributed by atoms with Crippen molar-refractivity contribution in [2.75, 3.05) is 5.33 Å². The molecule has 1 N–H and O–H groups in total. The van der Waals surface area contributed by atoms with Gasteiger partial charge in [0.1, 0.15) is 0 Å². The molecular formula is C13H20BrN. The van der Waals surface area contributed by atoms with E-state index in [1.807, 2.05) is 0 Å². The number of rotatable bonds is 6. The highest BCUT2D eigenvalue weighted by atomic mass is 79.9. The van der Waals surface area contributed by atoms with E-state index in [4.69, 9.17) is 0 Å². The van der Waals surface area contributed by atoms with Crippen LogP contribution in [0.3, 0.4) is 0 Å². The van der Waals surface area contributed by atoms with Crippen molar-refractivity contribution < 1.29 is 0 Å². The topological polar surface area (TPSA) is 12.0 Å². The zero-order valence-corrected chi connectivity index (χ0v) is 11.2. The third-order valence-corrected chi connectivity index (χ3v) is 3.12. The molecule has 0 amide bonds. The fourth-order valence-electron chi connectivity index (χ4n) is 1.55. The van der Waals surface area contributed by atoms with Crippen molar-refractivity contribution >= 4 is 15.9 Å². The molecule has 1 aromatic carbocycles. The maximum absolute atomic E-state index is 3.58. The Morgan fingerprint density at radius 1 is 1.27 bits per heavy atom. The summed E-state index contributed by atoms with van der Waals surface area (Å²) in [4.78, 5) is 0. The van der Waals surface area contributed by atoms with Gasteiger partial charge in [-0.3, -0.25) is 0 Å². The van der Waals surface area contributed by atoms with E-state index in [-0.39, 0.29) is 0 Å². The van der Waals surface area contributed by atoms with E-state index >= 15 is 0 Å². The second kappa shape index (κ2) is 7.02. The molecule has 0 aliphatic heterocycles. The van der Waals surface area contributed by atoms with Gasteiger partial charge in [0.25, 0.3) is 0 Å². The molecule has 1 aromatic rings. The van der Waals surface area contributed by atoms with E-state index in [2.05, 4.69) is 59.4 Å². The molecule has 0 spiro atoms. The minimum atomic E-state index is 0.630. The maximum atomic E-state index is 3.58. The van der Waals surface area contributed by atoms with Crippen molar-refractivity contribution in [3.63, 3.8) is 0 Å². The van der Waals surface area contributed by atoms with Crippen LogP contribution in [0.5, 0.6) is 0 Å². The van der Waals surface area contributed by atoms with Crippen LogP contribution in [0.25, 0.3) is 0 Å². The van der Waals surface area contributed by atoms with Crippen LogP contribution in [-0.2, 0) is 6.54 Å². The normalized spacial score (nSPS) is 12.7. The van der Waals surface area contributed by atoms with Gasteiger partial charge < -0.3 is 5.32 Å². The summed E-state index contributed by atoms with van der Waals surface area (Å²) in [6.07, 6.45) is 2.39. The van der Waals surface area contributed by atoms with Crippen LogP contribution in [0.4, 0.5) is 0 Å². The average Bonchev–Trinajstić information content (AvgIpc) is 2.26. The quantitative estimate of drug-likeness (QED) is 0.778. The first kappa shape index (κ1) is 12.7. The van der Waals surface area contributed by atoms with Crippen molar-refractivity contribution in [3.8, 4) is 0 Å². The molecule has 15 heavy (non-hydrogen) atoms. The monoisotopic (exact) mass is 269 g/mol. The average molecular weight is 270 g/mol. The lowest BCUT2D eigenvalue weighted by Crippen LogP contribution is -2.28. The van der Waals surface area contributed by atoms with Gasteiger partial charge in [0, 0.05) is 17.9 Å². The molecule has 0 fully saturated rings. The van der Waals surface area contributed by atoms with Crippen molar-refractivity contribution in [1.29, 1.82) is 0 Å². The molecule has 1 nitrogen and oxygen atoms in total. The van der Waals surface area contributed by atoms with Gasteiger partial charge in [-0.1, -0.05) is 52.7 Å². The van der Waals surface area contributed by atoms with E-state index in [1.54, 1.807) is 0 Å². The smallest absolute Gasteiger partial charge is 0.0208 e. The summed E-state index contributed by atoms with van der Waals surface area (Å²) in [5.74, 6) is 0. The Labute approximate surface area is 101 Å². The molecule has 0 aliphatic carbocycles. The molecule has 0 heterocycles. The van der Waals surface area contributed by atoms with Crippen LogP contribution in [0, 0.1) is 6.92 Å². The molecule has 2 heteroatoms. The van der Waals surface area contributed by atoms with E-state index in [1.165, 1.54) is 24.0 Å². The number of benzene rings is 1. The standard InChI is InChI=1S/C13H20BrN/c1-3-13(8-9-14)15-10-12-6-4-11(2)5-7-12/h4-7,13,15H,3,8-10H2,1-2H3. The summed E-state index contributed by atoms with van der Waals surface area (Å²) in [5, 5.41) is 4.65. The van der Waals surface area contributed by atoms with Crippen LogP contribution in [0.1, 0.15) is 30.9 Å². The predicted octanol–water partition coefficient (Wildman–Crippen LogP) is 3.65. The second-order valence-electron chi connectivity index (χ2n) is 3.95. The number of hydrogen-bond acceptors (Lipinski definition) is 1. The fraction of sp³-hybridized carbons (Fsp3) is 0.538. The van der Waals surface area contributed by atoms with Crippen LogP contribution < -0.4 is 5.32 Å². The molecule has 0 radical (unpaired) electrons. The fourth-order valence-corrected chi connectivity index (χ4v) is 2.10. The molecule has 1 unspecified atom stereocenters. The van der Waals surface area contributed by atoms with Crippen LogP contribution >= 0.6 is 15.9 Å². The van der Waals surface area contributed by atoms with Crippen LogP contribution in [0.15, 0.2) is 24.3 Å². The summed E-state index contributed by atoms with van der Waals surface area (Å²) in [6.45, 7) is 5.33. The summed E-state index contributed by atoms with van der Waals surface area (Å²) in [7, 11) is 0. The molecule has 84 valence electrons. The van der Waals surface area contributed by atoms with Gasteiger partial charge in [-0.05, 0) is 25.3 Å². The molecule has 0 aromatic heterocycles. The van der Waals surface area contributed by atoms with E-state index < -0.39 is 0 Å². The Morgan fingerprint density at radius 2 is 1.93 bits per heavy atom. The highest BCUT2D eigenvalue weighted by Gasteiger charge is 2.03. The number of alkyl halides is 1. The first-order chi connectivity index (χ1) is 7.26. The van der Waals surface area contributed by atoms with E-state index in [9.17, 15) is 0 Å². The Balaban J connectivity index is 2.38. The van der Waals surface area contributed by atoms with Crippen LogP contribution in [-0.4, -0.2) is 11.4 Å². The number of hydrogen-bond donors (Lipinski definition) is 1. The molecule has 0 aliphatic rings. The maximum Gasteiger partial charge on any atom is 0.0208 e. The highest BCUT2D eigenvalue weighted by Crippen LogP contribution is 2.05. The summed E-state index contributed by atoms with van der Waals surface area (Å²) < 4.78 is 0. The van der Waals surface area contributed by atoms with Gasteiger partial charge in [0.2, 0.25) is 0 Å². The Bertz CT molecular complexity index is 268. The number of nitrogens with one attached hydrogen (secondary N) is 1. The van der Waals surface area contributed by atoms with E-state index in [0.29, 0.717) is 6.04 Å². The lowest BCUT2D eigenvalue weighted by Gasteiger charge is -2.15. The molecule has 1 rings (SSSR count). The SMILES string of the molecule is CCC(CCBr)NCc1ccc(C)cc1. The first-order valence-electron chi connectivity index (χ1n) is 5.61. The molecular weight excluding hydrogens is 250 g/mol. The van der Waals surface area contributed by atoms with Crippen molar-refractivity contribution in [1.82, 2.24) is 5.32 Å². The Kier molecular flexibility index (Phi) is 5.96. The van der Waals surface area contributed by atoms with Crippen LogP contribution in [0.2, 0.25) is 0 Å². The Morgan fingerprint density at radius 3 is 2.47 bits per heavy atom. The predicted molar refractivity (Wildman–Crippen MR) is 70.5 cm³/mol. The highest BCUT2D eigenvalue weighted by molar-refractivity contribution is 9.09. The minimum absolute atomic E-state index is 0.630. The third kappa shape index (κ3) is 4.80. The molecule has 0 bridgehead atoms. The van der Waals surface area contributed by atoms with E-state index in [0.717, 1.165) is 11.9 Å². The van der Waals surface area contributed by atoms with Gasteiger partial charge in [-0.2, -0.15) is 0 Å². The van der Waals surface area contributed by atoms with Crippen molar-refractivity contribution in [2.24, 2.45) is 0 Å². The summed E-state index contributed by atoms with van der Waals surface area (Å²) in [5.41, 5.74) is 2.69. The lowest BCUT2D eigenvalue weighted by molar-refractivity contribution is 0.488. The van der Waals surface area contributed by atoms with Gasteiger partial charge in [0.15, 0.2) is 0 Å². The van der Waals surface area contributed by atoms with Gasteiger partial charge in [0.05, 0.1) is 0 Å². The third-order valence-electron chi connectivity index (χ3n) is 2.67. The zero-order chi connectivity index (χ0) is 11.1. The second-order valence-corrected chi connectivity index (χ2v) is 4.74. The van der Waals surface area contributed by atoms with Crippen molar-refractivity contribution in [3.05, 3.63) is 35.4 Å². The first-order valence-corrected chi connectivity index (χ1v) is 6.73. The lowest BCUT2D eigenvalue weighted by atomic mass is 10.1.